The second-order valence-corrected chi connectivity index (χ2v) is 6.21. The summed E-state index contributed by atoms with van der Waals surface area (Å²) < 4.78 is 0. The molecule has 1 saturated heterocycles. The molecule has 0 spiro atoms. The topological polar surface area (TPSA) is 39.7 Å². The summed E-state index contributed by atoms with van der Waals surface area (Å²) in [6, 6.07) is 8.64. The summed E-state index contributed by atoms with van der Waals surface area (Å²) in [6.07, 6.45) is 10.7. The highest BCUT2D eigenvalue weighted by atomic mass is 127. The fourth-order valence-electron chi connectivity index (χ4n) is 3.04. The van der Waals surface area contributed by atoms with E-state index in [-0.39, 0.29) is 24.0 Å². The number of guanidine groups is 1. The zero-order valence-corrected chi connectivity index (χ0v) is 17.6. The first kappa shape index (κ1) is 21.8. The van der Waals surface area contributed by atoms with E-state index in [2.05, 4.69) is 57.6 Å². The zero-order chi connectivity index (χ0) is 17.0. The molecule has 0 atom stereocenters. The number of aliphatic imine (C=N–C) groups is 1. The van der Waals surface area contributed by atoms with Crippen LogP contribution in [0, 0.1) is 12.3 Å². The first-order valence-corrected chi connectivity index (χ1v) is 9.08. The molecular formula is C20H31IN4. The minimum Gasteiger partial charge on any atom is -0.357 e. The number of hydrogen-bond donors (Lipinski definition) is 2. The maximum absolute atomic E-state index is 5.32. The second kappa shape index (κ2) is 13.0. The van der Waals surface area contributed by atoms with Crippen LogP contribution >= 0.6 is 24.0 Å². The van der Waals surface area contributed by atoms with Crippen LogP contribution in [0.15, 0.2) is 29.3 Å². The summed E-state index contributed by atoms with van der Waals surface area (Å²) in [4.78, 5) is 7.25. The van der Waals surface area contributed by atoms with Crippen molar-refractivity contribution in [2.24, 2.45) is 4.99 Å². The third-order valence-electron chi connectivity index (χ3n) is 4.32. The van der Waals surface area contributed by atoms with E-state index in [4.69, 9.17) is 6.42 Å². The summed E-state index contributed by atoms with van der Waals surface area (Å²) in [5, 5.41) is 6.37. The molecule has 0 amide bonds. The van der Waals surface area contributed by atoms with Gasteiger partial charge in [-0.2, -0.15) is 0 Å². The third kappa shape index (κ3) is 8.10. The number of hydrogen-bond acceptors (Lipinski definition) is 2. The van der Waals surface area contributed by atoms with E-state index >= 15 is 0 Å². The van der Waals surface area contributed by atoms with Gasteiger partial charge >= 0.3 is 0 Å². The van der Waals surface area contributed by atoms with Gasteiger partial charge in [0.2, 0.25) is 0 Å². The van der Waals surface area contributed by atoms with Crippen molar-refractivity contribution in [3.63, 3.8) is 0 Å². The van der Waals surface area contributed by atoms with Crippen LogP contribution < -0.4 is 10.6 Å². The van der Waals surface area contributed by atoms with Gasteiger partial charge in [0.05, 0.1) is 13.1 Å². The minimum absolute atomic E-state index is 0. The Hall–Kier alpha value is -1.26. The summed E-state index contributed by atoms with van der Waals surface area (Å²) in [7, 11) is 0. The van der Waals surface area contributed by atoms with Crippen LogP contribution in [0.2, 0.25) is 0 Å². The monoisotopic (exact) mass is 454 g/mol. The van der Waals surface area contributed by atoms with E-state index in [1.807, 2.05) is 0 Å². The van der Waals surface area contributed by atoms with Gasteiger partial charge in [-0.15, -0.1) is 30.4 Å². The Morgan fingerprint density at radius 1 is 1.12 bits per heavy atom. The van der Waals surface area contributed by atoms with Crippen LogP contribution in [-0.4, -0.2) is 37.0 Å². The van der Waals surface area contributed by atoms with Gasteiger partial charge in [-0.3, -0.25) is 4.90 Å². The van der Waals surface area contributed by atoms with E-state index in [0.29, 0.717) is 13.1 Å². The van der Waals surface area contributed by atoms with E-state index in [9.17, 15) is 0 Å². The molecule has 0 saturated carbocycles. The fraction of sp³-hybridized carbons (Fsp3) is 0.550. The largest absolute Gasteiger partial charge is 0.357 e. The van der Waals surface area contributed by atoms with Crippen LogP contribution in [0.25, 0.3) is 0 Å². The molecule has 4 nitrogen and oxygen atoms in total. The van der Waals surface area contributed by atoms with Crippen LogP contribution in [-0.2, 0) is 13.1 Å². The van der Waals surface area contributed by atoms with E-state index < -0.39 is 0 Å². The van der Waals surface area contributed by atoms with E-state index in [0.717, 1.165) is 19.0 Å². The van der Waals surface area contributed by atoms with Crippen molar-refractivity contribution in [1.82, 2.24) is 15.5 Å². The van der Waals surface area contributed by atoms with Gasteiger partial charge < -0.3 is 10.6 Å². The molecule has 0 aromatic heterocycles. The molecule has 0 unspecified atom stereocenters. The molecule has 2 rings (SSSR count). The van der Waals surface area contributed by atoms with Crippen LogP contribution in [0.5, 0.6) is 0 Å². The summed E-state index contributed by atoms with van der Waals surface area (Å²) in [5.74, 6) is 3.37. The maximum Gasteiger partial charge on any atom is 0.192 e. The second-order valence-electron chi connectivity index (χ2n) is 6.21. The van der Waals surface area contributed by atoms with Crippen LogP contribution in [0.4, 0.5) is 0 Å². The van der Waals surface area contributed by atoms with Crippen molar-refractivity contribution in [3.8, 4) is 12.3 Å². The Kier molecular flexibility index (Phi) is 11.3. The molecular weight excluding hydrogens is 423 g/mol. The number of nitrogens with one attached hydrogen (secondary N) is 2. The van der Waals surface area contributed by atoms with Gasteiger partial charge in [0.15, 0.2) is 5.96 Å². The fourth-order valence-corrected chi connectivity index (χ4v) is 3.04. The number of terminal acetylenes is 1. The lowest BCUT2D eigenvalue weighted by molar-refractivity contribution is 0.276. The van der Waals surface area contributed by atoms with Crippen molar-refractivity contribution in [2.45, 2.75) is 45.7 Å². The van der Waals surface area contributed by atoms with Gasteiger partial charge in [-0.05, 0) is 44.0 Å². The van der Waals surface area contributed by atoms with Gasteiger partial charge in [0.1, 0.15) is 0 Å². The van der Waals surface area contributed by atoms with E-state index in [1.165, 1.54) is 49.9 Å². The molecule has 0 aliphatic carbocycles. The minimum atomic E-state index is 0. The molecule has 5 heteroatoms. The molecule has 1 aliphatic heterocycles. The molecule has 138 valence electrons. The molecule has 1 fully saturated rings. The van der Waals surface area contributed by atoms with Crippen molar-refractivity contribution < 1.29 is 0 Å². The highest BCUT2D eigenvalue weighted by Crippen LogP contribution is 2.16. The number of nitrogens with zero attached hydrogens (tertiary/aromatic N) is 2. The lowest BCUT2D eigenvalue weighted by atomic mass is 10.1. The van der Waals surface area contributed by atoms with Gasteiger partial charge in [-0.1, -0.05) is 43.0 Å². The highest BCUT2D eigenvalue weighted by molar-refractivity contribution is 14.0. The smallest absolute Gasteiger partial charge is 0.192 e. The maximum atomic E-state index is 5.32. The Morgan fingerprint density at radius 3 is 2.44 bits per heavy atom. The van der Waals surface area contributed by atoms with Crippen molar-refractivity contribution in [3.05, 3.63) is 35.4 Å². The molecule has 0 radical (unpaired) electrons. The molecule has 0 bridgehead atoms. The highest BCUT2D eigenvalue weighted by Gasteiger charge is 2.11. The quantitative estimate of drug-likeness (QED) is 0.300. The standard InChI is InChI=1S/C20H30N4.HI/c1-3-13-22-20(21-4-2)23-16-18-11-7-8-12-19(18)17-24-14-9-5-6-10-15-24;/h1,7-8,11-12H,4-6,9-10,13-17H2,2H3,(H2,21,22,23);1H. The summed E-state index contributed by atoms with van der Waals surface area (Å²) in [6.45, 7) is 7.49. The first-order valence-electron chi connectivity index (χ1n) is 9.08. The average Bonchev–Trinajstić information content (AvgIpc) is 2.87. The SMILES string of the molecule is C#CCNC(=NCc1ccccc1CN1CCCCCC1)NCC.I. The Labute approximate surface area is 169 Å². The number of benzene rings is 1. The Balaban J connectivity index is 0.00000312. The average molecular weight is 454 g/mol. The van der Waals surface area contributed by atoms with Gasteiger partial charge in [0, 0.05) is 13.1 Å². The normalized spacial score (nSPS) is 15.6. The Morgan fingerprint density at radius 2 is 1.80 bits per heavy atom. The molecule has 1 aromatic carbocycles. The number of rotatable bonds is 6. The van der Waals surface area contributed by atoms with Gasteiger partial charge in [-0.25, -0.2) is 4.99 Å². The zero-order valence-electron chi connectivity index (χ0n) is 15.3. The number of likely N-dealkylation sites (tertiary alicyclic amines) is 1. The van der Waals surface area contributed by atoms with Crippen LogP contribution in [0.1, 0.15) is 43.7 Å². The third-order valence-corrected chi connectivity index (χ3v) is 4.32. The predicted octanol–water partition coefficient (Wildman–Crippen LogP) is 3.37. The molecule has 1 aromatic rings. The Bertz CT molecular complexity index is 557. The van der Waals surface area contributed by atoms with Crippen molar-refractivity contribution in [1.29, 1.82) is 0 Å². The number of halogens is 1. The first-order chi connectivity index (χ1) is 11.8. The lowest BCUT2D eigenvalue weighted by Crippen LogP contribution is -2.37. The van der Waals surface area contributed by atoms with Crippen LogP contribution in [0.3, 0.4) is 0 Å². The molecule has 1 heterocycles. The van der Waals surface area contributed by atoms with Gasteiger partial charge in [0.25, 0.3) is 0 Å². The predicted molar refractivity (Wildman–Crippen MR) is 117 cm³/mol. The summed E-state index contributed by atoms with van der Waals surface area (Å²) >= 11 is 0. The molecule has 2 N–H and O–H groups in total. The van der Waals surface area contributed by atoms with E-state index in [1.54, 1.807) is 0 Å². The lowest BCUT2D eigenvalue weighted by Gasteiger charge is -2.21. The van der Waals surface area contributed by atoms with Crippen molar-refractivity contribution >= 4 is 29.9 Å². The molecule has 1 aliphatic rings. The summed E-state index contributed by atoms with van der Waals surface area (Å²) in [5.41, 5.74) is 2.68. The molecule has 25 heavy (non-hydrogen) atoms. The van der Waals surface area contributed by atoms with Crippen molar-refractivity contribution in [2.75, 3.05) is 26.2 Å².